The average Bonchev–Trinajstić information content (AvgIpc) is 3.21. The topological polar surface area (TPSA) is 71.0 Å². The zero-order valence-corrected chi connectivity index (χ0v) is 15.4. The summed E-state index contributed by atoms with van der Waals surface area (Å²) in [6.45, 7) is 1.13. The zero-order valence-electron chi connectivity index (χ0n) is 15.4. The highest BCUT2D eigenvalue weighted by atomic mass is 19.3. The highest BCUT2D eigenvalue weighted by Gasteiger charge is 2.30. The van der Waals surface area contributed by atoms with Crippen LogP contribution in [0.1, 0.15) is 5.69 Å². The molecule has 1 fully saturated rings. The van der Waals surface area contributed by atoms with E-state index in [4.69, 9.17) is 0 Å². The van der Waals surface area contributed by atoms with Crippen molar-refractivity contribution in [3.63, 3.8) is 0 Å². The molecule has 0 saturated carbocycles. The van der Waals surface area contributed by atoms with Gasteiger partial charge in [-0.2, -0.15) is 5.26 Å². The third-order valence-electron chi connectivity index (χ3n) is 4.99. The summed E-state index contributed by atoms with van der Waals surface area (Å²) in [4.78, 5) is 10.5. The molecule has 0 aliphatic carbocycles. The zero-order chi connectivity index (χ0) is 20.4. The summed E-state index contributed by atoms with van der Waals surface area (Å²) in [6.07, 6.45) is -3.40. The van der Waals surface area contributed by atoms with Gasteiger partial charge in [-0.25, -0.2) is 18.2 Å². The van der Waals surface area contributed by atoms with E-state index in [-0.39, 0.29) is 18.8 Å². The summed E-state index contributed by atoms with van der Waals surface area (Å²) in [5.74, 6) is 0.503. The summed E-state index contributed by atoms with van der Waals surface area (Å²) >= 11 is 0. The molecule has 0 bridgehead atoms. The van der Waals surface area contributed by atoms with Crippen molar-refractivity contribution in [1.82, 2.24) is 14.9 Å². The Morgan fingerprint density at radius 3 is 2.59 bits per heavy atom. The van der Waals surface area contributed by atoms with Crippen LogP contribution >= 0.6 is 0 Å². The minimum Gasteiger partial charge on any atom is -0.369 e. The van der Waals surface area contributed by atoms with Crippen LogP contribution in [0.25, 0.3) is 10.9 Å². The summed E-state index contributed by atoms with van der Waals surface area (Å²) in [6, 6.07) is 13.3. The summed E-state index contributed by atoms with van der Waals surface area (Å²) in [5, 5.41) is 13.6. The lowest BCUT2D eigenvalue weighted by atomic mass is 10.2. The Labute approximate surface area is 165 Å². The van der Waals surface area contributed by atoms with Gasteiger partial charge in [0.25, 0.3) is 6.43 Å². The average molecular weight is 400 g/mol. The predicted molar refractivity (Wildman–Crippen MR) is 105 cm³/mol. The highest BCUT2D eigenvalue weighted by Crippen LogP contribution is 2.26. The van der Waals surface area contributed by atoms with Crippen molar-refractivity contribution in [3.05, 3.63) is 48.3 Å². The number of anilines is 3. The predicted octanol–water partition coefficient (Wildman–Crippen LogP) is 3.86. The number of rotatable bonds is 5. The van der Waals surface area contributed by atoms with Gasteiger partial charge in [0.1, 0.15) is 17.6 Å². The first-order chi connectivity index (χ1) is 14.0. The van der Waals surface area contributed by atoms with Crippen LogP contribution in [0.5, 0.6) is 0 Å². The molecule has 150 valence electrons. The second-order valence-electron chi connectivity index (χ2n) is 6.84. The maximum Gasteiger partial charge on any atom is 0.282 e. The van der Waals surface area contributed by atoms with Gasteiger partial charge >= 0.3 is 0 Å². The first kappa shape index (κ1) is 19.1. The van der Waals surface area contributed by atoms with Crippen LogP contribution in [-0.4, -0.2) is 53.8 Å². The third kappa shape index (κ3) is 4.12. The van der Waals surface area contributed by atoms with E-state index in [1.807, 2.05) is 41.4 Å². The Balaban J connectivity index is 1.52. The molecule has 1 aliphatic rings. The van der Waals surface area contributed by atoms with E-state index in [2.05, 4.69) is 15.3 Å². The van der Waals surface area contributed by atoms with Crippen molar-refractivity contribution in [1.29, 1.82) is 5.26 Å². The van der Waals surface area contributed by atoms with Crippen LogP contribution in [0.15, 0.2) is 42.6 Å². The lowest BCUT2D eigenvalue weighted by molar-refractivity contribution is -0.0505. The lowest BCUT2D eigenvalue weighted by Gasteiger charge is -2.37. The number of alkyl halides is 3. The molecule has 0 radical (unpaired) electrons. The van der Waals surface area contributed by atoms with Gasteiger partial charge in [0.15, 0.2) is 0 Å². The van der Waals surface area contributed by atoms with Gasteiger partial charge < -0.3 is 15.2 Å². The molecular formula is C20H19F3N6. The highest BCUT2D eigenvalue weighted by molar-refractivity contribution is 5.83. The smallest absolute Gasteiger partial charge is 0.282 e. The summed E-state index contributed by atoms with van der Waals surface area (Å²) < 4.78 is 38.7. The van der Waals surface area contributed by atoms with E-state index >= 15 is 0 Å². The second kappa shape index (κ2) is 8.01. The molecule has 0 amide bonds. The number of piperazine rings is 1. The number of fused-ring (bicyclic) bond motifs is 1. The molecule has 0 spiro atoms. The van der Waals surface area contributed by atoms with E-state index in [0.29, 0.717) is 18.9 Å². The quantitative estimate of drug-likeness (QED) is 0.637. The number of hydrogen-bond donors (Lipinski definition) is 2. The van der Waals surface area contributed by atoms with Crippen LogP contribution in [0.4, 0.5) is 30.4 Å². The van der Waals surface area contributed by atoms with Crippen molar-refractivity contribution in [2.45, 2.75) is 12.7 Å². The van der Waals surface area contributed by atoms with E-state index in [1.54, 1.807) is 12.1 Å². The Hall–Kier alpha value is -3.25. The second-order valence-corrected chi connectivity index (χ2v) is 6.84. The number of pyridine rings is 1. The third-order valence-corrected chi connectivity index (χ3v) is 4.99. The minimum atomic E-state index is -3.01. The molecule has 4 rings (SSSR count). The Kier molecular flexibility index (Phi) is 5.27. The van der Waals surface area contributed by atoms with Gasteiger partial charge in [0.2, 0.25) is 6.30 Å². The van der Waals surface area contributed by atoms with Gasteiger partial charge in [0, 0.05) is 55.3 Å². The van der Waals surface area contributed by atoms with E-state index in [0.717, 1.165) is 27.2 Å². The number of H-pyrrole nitrogens is 1. The molecule has 2 N–H and O–H groups in total. The number of aromatic amines is 1. The molecule has 3 aromatic rings. The van der Waals surface area contributed by atoms with E-state index < -0.39 is 12.7 Å². The number of benzene rings is 1. The van der Waals surface area contributed by atoms with E-state index in [1.165, 1.54) is 0 Å². The molecule has 1 saturated heterocycles. The molecule has 3 heterocycles. The lowest BCUT2D eigenvalue weighted by Crippen LogP contribution is -2.51. The molecule has 29 heavy (non-hydrogen) atoms. The first-order valence-electron chi connectivity index (χ1n) is 9.21. The molecule has 1 aromatic carbocycles. The van der Waals surface area contributed by atoms with Gasteiger partial charge in [0.05, 0.1) is 0 Å². The maximum atomic E-state index is 13.5. The first-order valence-corrected chi connectivity index (χ1v) is 9.21. The molecule has 6 nitrogen and oxygen atoms in total. The van der Waals surface area contributed by atoms with Crippen LogP contribution < -0.4 is 10.2 Å². The molecule has 2 aromatic heterocycles. The van der Waals surface area contributed by atoms with Gasteiger partial charge in [-0.15, -0.1) is 0 Å². The minimum absolute atomic E-state index is 0.183. The maximum absolute atomic E-state index is 13.5. The summed E-state index contributed by atoms with van der Waals surface area (Å²) in [5.41, 5.74) is 2.77. The number of aromatic nitrogens is 2. The fraction of sp³-hybridized carbons (Fsp3) is 0.300. The largest absolute Gasteiger partial charge is 0.369 e. The number of hydrogen-bond acceptors (Lipinski definition) is 5. The molecule has 1 atom stereocenters. The van der Waals surface area contributed by atoms with Crippen molar-refractivity contribution < 1.29 is 13.2 Å². The van der Waals surface area contributed by atoms with Crippen molar-refractivity contribution in [2.75, 3.05) is 36.4 Å². The van der Waals surface area contributed by atoms with Crippen LogP contribution in [0.2, 0.25) is 0 Å². The van der Waals surface area contributed by atoms with Gasteiger partial charge in [-0.3, -0.25) is 4.90 Å². The monoisotopic (exact) mass is 400 g/mol. The molecule has 9 heteroatoms. The van der Waals surface area contributed by atoms with Crippen LogP contribution in [0, 0.1) is 11.3 Å². The van der Waals surface area contributed by atoms with Crippen LogP contribution in [0.3, 0.4) is 0 Å². The Bertz CT molecular complexity index is 1040. The normalized spacial score (nSPS) is 16.2. The summed E-state index contributed by atoms with van der Waals surface area (Å²) in [7, 11) is 0. The Morgan fingerprint density at radius 2 is 1.86 bits per heavy atom. The Morgan fingerprint density at radius 1 is 1.07 bits per heavy atom. The van der Waals surface area contributed by atoms with Gasteiger partial charge in [-0.05, 0) is 29.7 Å². The number of nitriles is 1. The van der Waals surface area contributed by atoms with E-state index in [9.17, 15) is 18.4 Å². The fourth-order valence-corrected chi connectivity index (χ4v) is 3.48. The standard InChI is InChI=1S/C20H19F3N6/c21-19(22)20(23)29-7-5-28(6-8-29)16-9-15(12-24)27-18(11-16)26-14-2-1-13-3-4-25-17(13)10-14/h1-4,9-11,19-20,25H,5-8H2,(H,26,27). The SMILES string of the molecule is N#Cc1cc(N2CCN(C(F)C(F)F)CC2)cc(Nc2ccc3cc[nH]c3c2)n1. The van der Waals surface area contributed by atoms with Crippen LogP contribution in [-0.2, 0) is 0 Å². The number of nitrogens with one attached hydrogen (secondary N) is 2. The van der Waals surface area contributed by atoms with Crippen molar-refractivity contribution in [2.24, 2.45) is 0 Å². The van der Waals surface area contributed by atoms with Gasteiger partial charge in [-0.1, -0.05) is 6.07 Å². The molecule has 1 unspecified atom stereocenters. The number of nitrogens with zero attached hydrogens (tertiary/aromatic N) is 4. The number of halogens is 3. The van der Waals surface area contributed by atoms with Crippen molar-refractivity contribution >= 4 is 28.1 Å². The molecular weight excluding hydrogens is 381 g/mol. The fourth-order valence-electron chi connectivity index (χ4n) is 3.48. The molecule has 1 aliphatic heterocycles. The van der Waals surface area contributed by atoms with Crippen molar-refractivity contribution in [3.8, 4) is 6.07 Å².